The molecule has 1 aromatic heterocycles. The normalized spacial score (nSPS) is 11.2. The largest absolute Gasteiger partial charge is 0.370 e. The maximum atomic E-state index is 5.74. The molecule has 3 N–H and O–H groups in total. The van der Waals surface area contributed by atoms with Crippen molar-refractivity contribution in [1.29, 1.82) is 0 Å². The highest BCUT2D eigenvalue weighted by molar-refractivity contribution is 5.92. The van der Waals surface area contributed by atoms with E-state index in [1.165, 1.54) is 0 Å². The highest BCUT2D eigenvalue weighted by Gasteiger charge is 1.95. The van der Waals surface area contributed by atoms with E-state index in [0.29, 0.717) is 12.5 Å². The quantitative estimate of drug-likeness (QED) is 0.614. The van der Waals surface area contributed by atoms with Gasteiger partial charge in [0.25, 0.3) is 0 Å². The molecule has 0 aliphatic heterocycles. The van der Waals surface area contributed by atoms with Crippen LogP contribution in [0.5, 0.6) is 0 Å². The molecule has 5 nitrogen and oxygen atoms in total. The van der Waals surface area contributed by atoms with Gasteiger partial charge in [0.15, 0.2) is 5.96 Å². The first kappa shape index (κ1) is 11.1. The van der Waals surface area contributed by atoms with E-state index in [1.807, 2.05) is 42.5 Å². The molecule has 86 valence electrons. The van der Waals surface area contributed by atoms with Gasteiger partial charge in [-0.25, -0.2) is 4.99 Å². The second-order valence-corrected chi connectivity index (χ2v) is 3.41. The van der Waals surface area contributed by atoms with Crippen molar-refractivity contribution in [2.24, 2.45) is 10.7 Å². The summed E-state index contributed by atoms with van der Waals surface area (Å²) in [6.45, 7) is 0.416. The summed E-state index contributed by atoms with van der Waals surface area (Å²) in [5, 5.41) is 10.7. The van der Waals surface area contributed by atoms with Crippen LogP contribution in [0, 0.1) is 0 Å². The van der Waals surface area contributed by atoms with Crippen molar-refractivity contribution in [2.45, 2.75) is 6.54 Å². The van der Waals surface area contributed by atoms with Crippen molar-refractivity contribution in [3.8, 4) is 0 Å². The lowest BCUT2D eigenvalue weighted by atomic mass is 10.3. The van der Waals surface area contributed by atoms with E-state index >= 15 is 0 Å². The summed E-state index contributed by atoms with van der Waals surface area (Å²) in [5.41, 5.74) is 7.44. The number of nitrogens with zero attached hydrogens (tertiary/aromatic N) is 3. The summed E-state index contributed by atoms with van der Waals surface area (Å²) >= 11 is 0. The van der Waals surface area contributed by atoms with Crippen LogP contribution in [0.15, 0.2) is 53.7 Å². The summed E-state index contributed by atoms with van der Waals surface area (Å²) in [5.74, 6) is 0.363. The van der Waals surface area contributed by atoms with Gasteiger partial charge >= 0.3 is 0 Å². The molecule has 5 heteroatoms. The molecule has 0 spiro atoms. The van der Waals surface area contributed by atoms with Crippen molar-refractivity contribution in [3.05, 3.63) is 54.4 Å². The molecule has 17 heavy (non-hydrogen) atoms. The lowest BCUT2D eigenvalue weighted by molar-refractivity contribution is 0.897. The second-order valence-electron chi connectivity index (χ2n) is 3.41. The number of para-hydroxylation sites is 1. The average Bonchev–Trinajstić information content (AvgIpc) is 2.39. The van der Waals surface area contributed by atoms with Gasteiger partial charge < -0.3 is 11.1 Å². The van der Waals surface area contributed by atoms with Gasteiger partial charge in [-0.2, -0.15) is 10.2 Å². The standard InChI is InChI=1S/C12H13N5/c13-12(16-10-5-2-1-3-6-10)14-9-11-7-4-8-15-17-11/h1-8H,9H2,(H3,13,14,16). The Labute approximate surface area is 99.4 Å². The fourth-order valence-corrected chi connectivity index (χ4v) is 1.29. The average molecular weight is 227 g/mol. The van der Waals surface area contributed by atoms with E-state index in [-0.39, 0.29) is 0 Å². The lowest BCUT2D eigenvalue weighted by Crippen LogP contribution is -2.22. The summed E-state index contributed by atoms with van der Waals surface area (Å²) in [6, 6.07) is 13.3. The Morgan fingerprint density at radius 3 is 2.71 bits per heavy atom. The molecule has 1 heterocycles. The van der Waals surface area contributed by atoms with Crippen molar-refractivity contribution >= 4 is 11.6 Å². The van der Waals surface area contributed by atoms with Gasteiger partial charge in [-0.1, -0.05) is 18.2 Å². The molecule has 0 aliphatic rings. The SMILES string of the molecule is NC(=NCc1cccnn1)Nc1ccccc1. The predicted molar refractivity (Wildman–Crippen MR) is 67.4 cm³/mol. The molecule has 0 radical (unpaired) electrons. The molecule has 0 bridgehead atoms. The van der Waals surface area contributed by atoms with Crippen LogP contribution in [0.4, 0.5) is 5.69 Å². The number of hydrogen-bond donors (Lipinski definition) is 2. The first-order valence-electron chi connectivity index (χ1n) is 5.23. The Balaban J connectivity index is 1.94. The highest BCUT2D eigenvalue weighted by Crippen LogP contribution is 2.04. The minimum Gasteiger partial charge on any atom is -0.370 e. The van der Waals surface area contributed by atoms with Crippen LogP contribution in [-0.2, 0) is 6.54 Å². The van der Waals surface area contributed by atoms with E-state index in [9.17, 15) is 0 Å². The summed E-state index contributed by atoms with van der Waals surface area (Å²) in [6.07, 6.45) is 1.62. The molecule has 0 saturated carbocycles. The van der Waals surface area contributed by atoms with Gasteiger partial charge in [-0.3, -0.25) is 0 Å². The molecule has 0 atom stereocenters. The fourth-order valence-electron chi connectivity index (χ4n) is 1.29. The number of aromatic nitrogens is 2. The number of hydrogen-bond acceptors (Lipinski definition) is 3. The van der Waals surface area contributed by atoms with Crippen molar-refractivity contribution in [3.63, 3.8) is 0 Å². The van der Waals surface area contributed by atoms with E-state index in [1.54, 1.807) is 6.20 Å². The fraction of sp³-hybridized carbons (Fsp3) is 0.0833. The van der Waals surface area contributed by atoms with Crippen LogP contribution in [0.25, 0.3) is 0 Å². The smallest absolute Gasteiger partial charge is 0.193 e. The van der Waals surface area contributed by atoms with Gasteiger partial charge in [-0.15, -0.1) is 0 Å². The number of nitrogens with one attached hydrogen (secondary N) is 1. The number of nitrogens with two attached hydrogens (primary N) is 1. The third-order valence-electron chi connectivity index (χ3n) is 2.09. The van der Waals surface area contributed by atoms with Crippen LogP contribution in [0.1, 0.15) is 5.69 Å². The number of guanidine groups is 1. The second kappa shape index (κ2) is 5.60. The number of aliphatic imine (C=N–C) groups is 1. The van der Waals surface area contributed by atoms with Gasteiger partial charge in [0.1, 0.15) is 0 Å². The van der Waals surface area contributed by atoms with Crippen LogP contribution in [-0.4, -0.2) is 16.2 Å². The minimum atomic E-state index is 0.363. The molecule has 2 rings (SSSR count). The van der Waals surface area contributed by atoms with Crippen LogP contribution in [0.3, 0.4) is 0 Å². The molecule has 0 saturated heterocycles. The third kappa shape index (κ3) is 3.57. The molecule has 0 amide bonds. The van der Waals surface area contributed by atoms with Crippen molar-refractivity contribution in [1.82, 2.24) is 10.2 Å². The predicted octanol–water partition coefficient (Wildman–Crippen LogP) is 1.40. The summed E-state index contributed by atoms with van der Waals surface area (Å²) in [7, 11) is 0. The number of benzene rings is 1. The molecule has 0 unspecified atom stereocenters. The Hall–Kier alpha value is -2.43. The zero-order valence-electron chi connectivity index (χ0n) is 9.24. The number of rotatable bonds is 3. The van der Waals surface area contributed by atoms with Gasteiger partial charge in [0.05, 0.1) is 12.2 Å². The minimum absolute atomic E-state index is 0.363. The monoisotopic (exact) mass is 227 g/mol. The van der Waals surface area contributed by atoms with Crippen molar-refractivity contribution < 1.29 is 0 Å². The Bertz CT molecular complexity index is 481. The molecule has 1 aromatic carbocycles. The Morgan fingerprint density at radius 1 is 1.18 bits per heavy atom. The summed E-state index contributed by atoms with van der Waals surface area (Å²) in [4.78, 5) is 4.17. The molecule has 0 aliphatic carbocycles. The van der Waals surface area contributed by atoms with Gasteiger partial charge in [0, 0.05) is 11.9 Å². The van der Waals surface area contributed by atoms with E-state index in [4.69, 9.17) is 5.73 Å². The van der Waals surface area contributed by atoms with Crippen LogP contribution < -0.4 is 11.1 Å². The maximum absolute atomic E-state index is 5.74. The maximum Gasteiger partial charge on any atom is 0.193 e. The molecule has 2 aromatic rings. The third-order valence-corrected chi connectivity index (χ3v) is 2.09. The Morgan fingerprint density at radius 2 is 2.00 bits per heavy atom. The summed E-state index contributed by atoms with van der Waals surface area (Å²) < 4.78 is 0. The Kier molecular flexibility index (Phi) is 3.64. The highest BCUT2D eigenvalue weighted by atomic mass is 15.1. The topological polar surface area (TPSA) is 76.2 Å². The van der Waals surface area contributed by atoms with Crippen LogP contribution in [0.2, 0.25) is 0 Å². The van der Waals surface area contributed by atoms with Crippen molar-refractivity contribution in [2.75, 3.05) is 5.32 Å². The molecule has 0 fully saturated rings. The van der Waals surface area contributed by atoms with Gasteiger partial charge in [-0.05, 0) is 24.3 Å². The zero-order valence-corrected chi connectivity index (χ0v) is 9.24. The van der Waals surface area contributed by atoms with E-state index in [0.717, 1.165) is 11.4 Å². The van der Waals surface area contributed by atoms with E-state index in [2.05, 4.69) is 20.5 Å². The lowest BCUT2D eigenvalue weighted by Gasteiger charge is -2.04. The van der Waals surface area contributed by atoms with Crippen LogP contribution >= 0.6 is 0 Å². The molecular formula is C12H13N5. The first-order valence-corrected chi connectivity index (χ1v) is 5.23. The first-order chi connectivity index (χ1) is 8.34. The van der Waals surface area contributed by atoms with E-state index < -0.39 is 0 Å². The van der Waals surface area contributed by atoms with Gasteiger partial charge in [0.2, 0.25) is 0 Å². The number of anilines is 1. The molecular weight excluding hydrogens is 214 g/mol. The zero-order chi connectivity index (χ0) is 11.9.